The number of hydrogen-bond acceptors (Lipinski definition) is 2. The van der Waals surface area contributed by atoms with E-state index in [0.717, 1.165) is 25.1 Å². The fourth-order valence-corrected chi connectivity index (χ4v) is 2.94. The van der Waals surface area contributed by atoms with Crippen molar-refractivity contribution in [3.05, 3.63) is 34.9 Å². The number of hydrogen-bond donors (Lipinski definition) is 0. The zero-order chi connectivity index (χ0) is 11.8. The Hall–Kier alpha value is -1.57. The SMILES string of the molecule is COc1ccc2c(c1)CC(C)C2=C1C=NCC1. The average molecular weight is 227 g/mol. The van der Waals surface area contributed by atoms with Crippen LogP contribution in [-0.2, 0) is 6.42 Å². The first kappa shape index (κ1) is 10.6. The molecule has 2 nitrogen and oxygen atoms in total. The molecule has 1 heterocycles. The molecule has 1 atom stereocenters. The molecule has 1 aromatic carbocycles. The molecule has 2 heteroatoms. The second-order valence-corrected chi connectivity index (χ2v) is 4.85. The van der Waals surface area contributed by atoms with E-state index in [1.54, 1.807) is 7.11 Å². The molecule has 2 aliphatic rings. The van der Waals surface area contributed by atoms with E-state index in [9.17, 15) is 0 Å². The van der Waals surface area contributed by atoms with Gasteiger partial charge in [0.25, 0.3) is 0 Å². The van der Waals surface area contributed by atoms with Crippen LogP contribution in [0.3, 0.4) is 0 Å². The van der Waals surface area contributed by atoms with Crippen molar-refractivity contribution in [2.45, 2.75) is 19.8 Å². The van der Waals surface area contributed by atoms with E-state index >= 15 is 0 Å². The molecule has 0 amide bonds. The van der Waals surface area contributed by atoms with Gasteiger partial charge in [-0.15, -0.1) is 0 Å². The summed E-state index contributed by atoms with van der Waals surface area (Å²) in [6, 6.07) is 6.43. The Morgan fingerprint density at radius 3 is 2.94 bits per heavy atom. The van der Waals surface area contributed by atoms with Crippen LogP contribution in [0.4, 0.5) is 0 Å². The highest BCUT2D eigenvalue weighted by Crippen LogP contribution is 2.41. The number of ether oxygens (including phenoxy) is 1. The predicted molar refractivity (Wildman–Crippen MR) is 70.8 cm³/mol. The van der Waals surface area contributed by atoms with Crippen molar-refractivity contribution >= 4 is 11.8 Å². The van der Waals surface area contributed by atoms with Crippen LogP contribution in [0.2, 0.25) is 0 Å². The molecule has 1 unspecified atom stereocenters. The normalized spacial score (nSPS) is 26.4. The van der Waals surface area contributed by atoms with E-state index in [2.05, 4.69) is 36.3 Å². The van der Waals surface area contributed by atoms with Crippen LogP contribution in [0.25, 0.3) is 5.57 Å². The molecule has 0 N–H and O–H groups in total. The molecule has 0 saturated heterocycles. The summed E-state index contributed by atoms with van der Waals surface area (Å²) in [6.07, 6.45) is 4.29. The van der Waals surface area contributed by atoms with Crippen LogP contribution in [0.1, 0.15) is 24.5 Å². The van der Waals surface area contributed by atoms with E-state index in [1.807, 2.05) is 0 Å². The van der Waals surface area contributed by atoms with Gasteiger partial charge in [-0.1, -0.05) is 13.0 Å². The van der Waals surface area contributed by atoms with Gasteiger partial charge in [0.05, 0.1) is 7.11 Å². The highest BCUT2D eigenvalue weighted by molar-refractivity contribution is 5.95. The molecule has 0 fully saturated rings. The maximum atomic E-state index is 5.29. The van der Waals surface area contributed by atoms with E-state index in [-0.39, 0.29) is 0 Å². The Labute approximate surface area is 102 Å². The van der Waals surface area contributed by atoms with Gasteiger partial charge in [-0.05, 0) is 53.2 Å². The van der Waals surface area contributed by atoms with Gasteiger partial charge in [-0.2, -0.15) is 0 Å². The second-order valence-electron chi connectivity index (χ2n) is 4.85. The molecular weight excluding hydrogens is 210 g/mol. The first-order valence-electron chi connectivity index (χ1n) is 6.19. The monoisotopic (exact) mass is 227 g/mol. The smallest absolute Gasteiger partial charge is 0.119 e. The molecule has 3 rings (SSSR count). The zero-order valence-corrected chi connectivity index (χ0v) is 10.4. The molecule has 0 bridgehead atoms. The van der Waals surface area contributed by atoms with Crippen molar-refractivity contribution in [1.29, 1.82) is 0 Å². The largest absolute Gasteiger partial charge is 0.497 e. The number of rotatable bonds is 1. The summed E-state index contributed by atoms with van der Waals surface area (Å²) in [4.78, 5) is 4.34. The molecule has 0 saturated carbocycles. The van der Waals surface area contributed by atoms with E-state index in [0.29, 0.717) is 5.92 Å². The topological polar surface area (TPSA) is 21.6 Å². The van der Waals surface area contributed by atoms with Crippen LogP contribution in [-0.4, -0.2) is 19.9 Å². The lowest BCUT2D eigenvalue weighted by Crippen LogP contribution is -1.96. The first-order chi connectivity index (χ1) is 8.29. The third-order valence-electron chi connectivity index (χ3n) is 3.72. The summed E-state index contributed by atoms with van der Waals surface area (Å²) in [7, 11) is 1.73. The first-order valence-corrected chi connectivity index (χ1v) is 6.19. The van der Waals surface area contributed by atoms with E-state index < -0.39 is 0 Å². The van der Waals surface area contributed by atoms with Crippen molar-refractivity contribution in [3.8, 4) is 5.75 Å². The lowest BCUT2D eigenvalue weighted by atomic mass is 9.95. The van der Waals surface area contributed by atoms with Crippen molar-refractivity contribution in [1.82, 2.24) is 0 Å². The van der Waals surface area contributed by atoms with Gasteiger partial charge in [-0.25, -0.2) is 0 Å². The van der Waals surface area contributed by atoms with Gasteiger partial charge in [0.1, 0.15) is 5.75 Å². The van der Waals surface area contributed by atoms with Crippen LogP contribution >= 0.6 is 0 Å². The molecule has 1 aliphatic carbocycles. The minimum absolute atomic E-state index is 0.608. The number of allylic oxidation sites excluding steroid dienone is 1. The lowest BCUT2D eigenvalue weighted by molar-refractivity contribution is 0.414. The summed E-state index contributed by atoms with van der Waals surface area (Å²) in [6.45, 7) is 3.26. The Morgan fingerprint density at radius 2 is 2.24 bits per heavy atom. The van der Waals surface area contributed by atoms with Crippen molar-refractivity contribution in [2.75, 3.05) is 13.7 Å². The second kappa shape index (κ2) is 4.02. The van der Waals surface area contributed by atoms with Crippen LogP contribution in [0.15, 0.2) is 28.8 Å². The Bertz CT molecular complexity index is 514. The summed E-state index contributed by atoms with van der Waals surface area (Å²) < 4.78 is 5.29. The quantitative estimate of drug-likeness (QED) is 0.722. The number of aliphatic imine (C=N–C) groups is 1. The molecular formula is C15H17NO. The fraction of sp³-hybridized carbons (Fsp3) is 0.400. The zero-order valence-electron chi connectivity index (χ0n) is 10.4. The summed E-state index contributed by atoms with van der Waals surface area (Å²) >= 11 is 0. The molecule has 17 heavy (non-hydrogen) atoms. The third-order valence-corrected chi connectivity index (χ3v) is 3.72. The maximum absolute atomic E-state index is 5.29. The summed E-state index contributed by atoms with van der Waals surface area (Å²) in [5.74, 6) is 1.57. The van der Waals surface area contributed by atoms with Crippen molar-refractivity contribution in [2.24, 2.45) is 10.9 Å². The predicted octanol–water partition coefficient (Wildman–Crippen LogP) is 3.12. The minimum Gasteiger partial charge on any atom is -0.497 e. The summed E-state index contributed by atoms with van der Waals surface area (Å²) in [5.41, 5.74) is 5.76. The van der Waals surface area contributed by atoms with E-state index in [4.69, 9.17) is 4.74 Å². The van der Waals surface area contributed by atoms with Gasteiger partial charge in [-0.3, -0.25) is 4.99 Å². The standard InChI is InChI=1S/C15H17NO/c1-10-7-12-8-13(17-2)3-4-14(12)15(10)11-5-6-16-9-11/h3-4,8-10H,5-7H2,1-2H3. The van der Waals surface area contributed by atoms with Gasteiger partial charge in [0.15, 0.2) is 0 Å². The molecule has 1 aliphatic heterocycles. The molecule has 0 radical (unpaired) electrons. The lowest BCUT2D eigenvalue weighted by Gasteiger charge is -2.09. The fourth-order valence-electron chi connectivity index (χ4n) is 2.94. The van der Waals surface area contributed by atoms with Crippen molar-refractivity contribution in [3.63, 3.8) is 0 Å². The molecule has 1 aromatic rings. The van der Waals surface area contributed by atoms with Gasteiger partial charge in [0, 0.05) is 12.8 Å². The van der Waals surface area contributed by atoms with Crippen molar-refractivity contribution < 1.29 is 4.74 Å². The Morgan fingerprint density at radius 1 is 1.35 bits per heavy atom. The minimum atomic E-state index is 0.608. The Kier molecular flexibility index (Phi) is 2.50. The molecule has 88 valence electrons. The maximum Gasteiger partial charge on any atom is 0.119 e. The van der Waals surface area contributed by atoms with E-state index in [1.165, 1.54) is 22.3 Å². The Balaban J connectivity index is 2.11. The number of methoxy groups -OCH3 is 1. The number of nitrogens with zero attached hydrogens (tertiary/aromatic N) is 1. The highest BCUT2D eigenvalue weighted by atomic mass is 16.5. The average Bonchev–Trinajstić information content (AvgIpc) is 2.93. The van der Waals surface area contributed by atoms with Gasteiger partial charge >= 0.3 is 0 Å². The number of benzene rings is 1. The third kappa shape index (κ3) is 1.68. The van der Waals surface area contributed by atoms with Gasteiger partial charge < -0.3 is 4.74 Å². The highest BCUT2D eigenvalue weighted by Gasteiger charge is 2.26. The molecule has 0 spiro atoms. The van der Waals surface area contributed by atoms with Crippen LogP contribution in [0, 0.1) is 5.92 Å². The van der Waals surface area contributed by atoms with Crippen LogP contribution in [0.5, 0.6) is 5.75 Å². The summed E-state index contributed by atoms with van der Waals surface area (Å²) in [5, 5.41) is 0. The van der Waals surface area contributed by atoms with Crippen LogP contribution < -0.4 is 4.74 Å². The van der Waals surface area contributed by atoms with Gasteiger partial charge in [0.2, 0.25) is 0 Å². The molecule has 0 aromatic heterocycles. The number of fused-ring (bicyclic) bond motifs is 1.